The maximum absolute atomic E-state index is 5.83. The fourth-order valence-corrected chi connectivity index (χ4v) is 2.08. The Morgan fingerprint density at radius 2 is 2.05 bits per heavy atom. The third-order valence-corrected chi connectivity index (χ3v) is 2.94. The van der Waals surface area contributed by atoms with Gasteiger partial charge >= 0.3 is 0 Å². The van der Waals surface area contributed by atoms with E-state index in [2.05, 4.69) is 10.1 Å². The Balaban J connectivity index is 1.98. The van der Waals surface area contributed by atoms with Crippen molar-refractivity contribution in [2.75, 3.05) is 5.73 Å². The van der Waals surface area contributed by atoms with Crippen molar-refractivity contribution in [2.24, 2.45) is 7.05 Å². The SMILES string of the molecule is Cn1ncc2ccc(Oc3cc(N)nc(Cl)c3)cc21. The molecule has 3 aromatic rings. The van der Waals surface area contributed by atoms with Gasteiger partial charge in [0.05, 0.1) is 11.7 Å². The van der Waals surface area contributed by atoms with Gasteiger partial charge < -0.3 is 10.5 Å². The van der Waals surface area contributed by atoms with Crippen LogP contribution in [0.1, 0.15) is 0 Å². The Labute approximate surface area is 114 Å². The standard InChI is InChI=1S/C13H11ClN4O/c1-18-11-4-9(3-2-8(11)7-16-18)19-10-5-12(14)17-13(15)6-10/h2-7H,1H3,(H2,15,17). The average Bonchev–Trinajstić information content (AvgIpc) is 2.70. The zero-order valence-corrected chi connectivity index (χ0v) is 10.9. The molecule has 6 heteroatoms. The molecule has 0 aliphatic heterocycles. The van der Waals surface area contributed by atoms with Crippen LogP contribution >= 0.6 is 11.6 Å². The molecule has 2 aromatic heterocycles. The number of nitrogen functional groups attached to an aromatic ring is 1. The summed E-state index contributed by atoms with van der Waals surface area (Å²) in [5.41, 5.74) is 6.61. The molecule has 0 amide bonds. The summed E-state index contributed by atoms with van der Waals surface area (Å²) >= 11 is 5.83. The van der Waals surface area contributed by atoms with Crippen LogP contribution in [0.15, 0.2) is 36.5 Å². The average molecular weight is 275 g/mol. The Kier molecular flexibility index (Phi) is 2.76. The van der Waals surface area contributed by atoms with Gasteiger partial charge in [-0.05, 0) is 12.1 Å². The highest BCUT2D eigenvalue weighted by molar-refractivity contribution is 6.29. The number of halogens is 1. The Morgan fingerprint density at radius 3 is 2.84 bits per heavy atom. The number of nitrogens with two attached hydrogens (primary N) is 1. The van der Waals surface area contributed by atoms with E-state index in [0.717, 1.165) is 10.9 Å². The molecule has 0 bridgehead atoms. The minimum absolute atomic E-state index is 0.302. The maximum Gasteiger partial charge on any atom is 0.135 e. The number of hydrogen-bond donors (Lipinski definition) is 1. The lowest BCUT2D eigenvalue weighted by atomic mass is 10.2. The molecule has 2 heterocycles. The molecule has 0 saturated carbocycles. The maximum atomic E-state index is 5.83. The van der Waals surface area contributed by atoms with E-state index in [-0.39, 0.29) is 0 Å². The van der Waals surface area contributed by atoms with Crippen LogP contribution in [-0.2, 0) is 7.05 Å². The van der Waals surface area contributed by atoms with Crippen molar-refractivity contribution in [1.29, 1.82) is 0 Å². The summed E-state index contributed by atoms with van der Waals surface area (Å²) in [6.07, 6.45) is 1.81. The minimum atomic E-state index is 0.302. The third-order valence-electron chi connectivity index (χ3n) is 2.74. The van der Waals surface area contributed by atoms with Gasteiger partial charge in [-0.1, -0.05) is 11.6 Å². The number of rotatable bonds is 2. The number of fused-ring (bicyclic) bond motifs is 1. The highest BCUT2D eigenvalue weighted by atomic mass is 35.5. The lowest BCUT2D eigenvalue weighted by Crippen LogP contribution is -1.93. The van der Waals surface area contributed by atoms with Crippen molar-refractivity contribution in [3.8, 4) is 11.5 Å². The van der Waals surface area contributed by atoms with E-state index < -0.39 is 0 Å². The van der Waals surface area contributed by atoms with Gasteiger partial charge in [0.25, 0.3) is 0 Å². The van der Waals surface area contributed by atoms with Crippen LogP contribution in [0.5, 0.6) is 11.5 Å². The van der Waals surface area contributed by atoms with Crippen molar-refractivity contribution >= 4 is 28.3 Å². The zero-order chi connectivity index (χ0) is 13.4. The van der Waals surface area contributed by atoms with Gasteiger partial charge in [-0.25, -0.2) is 4.98 Å². The van der Waals surface area contributed by atoms with Crippen LogP contribution in [0.25, 0.3) is 10.9 Å². The van der Waals surface area contributed by atoms with E-state index >= 15 is 0 Å². The topological polar surface area (TPSA) is 66.0 Å². The van der Waals surface area contributed by atoms with Crippen molar-refractivity contribution in [3.05, 3.63) is 41.7 Å². The van der Waals surface area contributed by atoms with E-state index in [1.807, 2.05) is 25.2 Å². The second kappa shape index (κ2) is 4.44. The van der Waals surface area contributed by atoms with Gasteiger partial charge in [-0.2, -0.15) is 5.10 Å². The van der Waals surface area contributed by atoms with Crippen LogP contribution in [-0.4, -0.2) is 14.8 Å². The summed E-state index contributed by atoms with van der Waals surface area (Å²) < 4.78 is 7.51. The Hall–Kier alpha value is -2.27. The quantitative estimate of drug-likeness (QED) is 0.730. The molecule has 5 nitrogen and oxygen atoms in total. The van der Waals surface area contributed by atoms with E-state index in [1.54, 1.807) is 23.0 Å². The monoisotopic (exact) mass is 274 g/mol. The lowest BCUT2D eigenvalue weighted by Gasteiger charge is -2.07. The molecule has 2 N–H and O–H groups in total. The molecule has 3 rings (SSSR count). The molecule has 0 spiro atoms. The molecule has 0 aliphatic rings. The smallest absolute Gasteiger partial charge is 0.135 e. The molecule has 0 saturated heterocycles. The predicted molar refractivity (Wildman–Crippen MR) is 74.4 cm³/mol. The summed E-state index contributed by atoms with van der Waals surface area (Å²) in [5.74, 6) is 1.57. The second-order valence-corrected chi connectivity index (χ2v) is 4.53. The Morgan fingerprint density at radius 1 is 1.21 bits per heavy atom. The van der Waals surface area contributed by atoms with Crippen molar-refractivity contribution < 1.29 is 4.74 Å². The number of nitrogens with zero attached hydrogens (tertiary/aromatic N) is 3. The molecule has 0 unspecified atom stereocenters. The molecular weight excluding hydrogens is 264 g/mol. The van der Waals surface area contributed by atoms with Crippen LogP contribution in [0.3, 0.4) is 0 Å². The Bertz CT molecular complexity index is 733. The summed E-state index contributed by atoms with van der Waals surface area (Å²) in [6.45, 7) is 0. The van der Waals surface area contributed by atoms with E-state index in [0.29, 0.717) is 22.5 Å². The van der Waals surface area contributed by atoms with Crippen LogP contribution < -0.4 is 10.5 Å². The van der Waals surface area contributed by atoms with Crippen LogP contribution in [0.4, 0.5) is 5.82 Å². The molecule has 1 aromatic carbocycles. The van der Waals surface area contributed by atoms with Gasteiger partial charge in [0, 0.05) is 30.6 Å². The van der Waals surface area contributed by atoms with Gasteiger partial charge in [0.1, 0.15) is 22.5 Å². The molecular formula is C13H11ClN4O. The van der Waals surface area contributed by atoms with E-state index in [1.165, 1.54) is 0 Å². The summed E-state index contributed by atoms with van der Waals surface area (Å²) in [6, 6.07) is 8.97. The minimum Gasteiger partial charge on any atom is -0.457 e. The molecule has 0 aliphatic carbocycles. The number of hydrogen-bond acceptors (Lipinski definition) is 4. The fourth-order valence-electron chi connectivity index (χ4n) is 1.88. The van der Waals surface area contributed by atoms with Crippen molar-refractivity contribution in [1.82, 2.24) is 14.8 Å². The van der Waals surface area contributed by atoms with Gasteiger partial charge in [-0.15, -0.1) is 0 Å². The third kappa shape index (κ3) is 2.32. The van der Waals surface area contributed by atoms with E-state index in [9.17, 15) is 0 Å². The molecule has 96 valence electrons. The first-order valence-corrected chi connectivity index (χ1v) is 6.02. The summed E-state index contributed by atoms with van der Waals surface area (Å²) in [7, 11) is 1.88. The number of benzene rings is 1. The second-order valence-electron chi connectivity index (χ2n) is 4.14. The molecule has 0 fully saturated rings. The molecule has 0 radical (unpaired) electrons. The lowest BCUT2D eigenvalue weighted by molar-refractivity contribution is 0.483. The number of anilines is 1. The molecule has 0 atom stereocenters. The molecule has 19 heavy (non-hydrogen) atoms. The van der Waals surface area contributed by atoms with E-state index in [4.69, 9.17) is 22.1 Å². The summed E-state index contributed by atoms with van der Waals surface area (Å²) in [4.78, 5) is 3.88. The first-order valence-electron chi connectivity index (χ1n) is 5.64. The number of aryl methyl sites for hydroxylation is 1. The van der Waals surface area contributed by atoms with Gasteiger partial charge in [0.15, 0.2) is 0 Å². The number of aromatic nitrogens is 3. The highest BCUT2D eigenvalue weighted by Crippen LogP contribution is 2.27. The van der Waals surface area contributed by atoms with Crippen molar-refractivity contribution in [2.45, 2.75) is 0 Å². The number of pyridine rings is 1. The normalized spacial score (nSPS) is 10.8. The van der Waals surface area contributed by atoms with Crippen molar-refractivity contribution in [3.63, 3.8) is 0 Å². The van der Waals surface area contributed by atoms with Gasteiger partial charge in [0.2, 0.25) is 0 Å². The summed E-state index contributed by atoms with van der Waals surface area (Å²) in [5, 5.41) is 5.54. The van der Waals surface area contributed by atoms with Gasteiger partial charge in [-0.3, -0.25) is 4.68 Å². The largest absolute Gasteiger partial charge is 0.457 e. The van der Waals surface area contributed by atoms with Crippen LogP contribution in [0.2, 0.25) is 5.15 Å². The number of ether oxygens (including phenoxy) is 1. The predicted octanol–water partition coefficient (Wildman–Crippen LogP) is 3.00. The van der Waals surface area contributed by atoms with Crippen LogP contribution in [0, 0.1) is 0 Å². The highest BCUT2D eigenvalue weighted by Gasteiger charge is 2.05. The fraction of sp³-hybridized carbons (Fsp3) is 0.0769. The zero-order valence-electron chi connectivity index (χ0n) is 10.2. The first kappa shape index (κ1) is 11.8. The first-order chi connectivity index (χ1) is 9.11.